The topological polar surface area (TPSA) is 20.1 Å². The Morgan fingerprint density at radius 2 is 2.08 bits per heavy atom. The van der Waals surface area contributed by atoms with Crippen molar-refractivity contribution in [1.82, 2.24) is 4.31 Å². The lowest BCUT2D eigenvalue weighted by Crippen LogP contribution is -1.96. The quantitative estimate of drug-likeness (QED) is 0.417. The van der Waals surface area contributed by atoms with E-state index in [9.17, 15) is 4.79 Å². The van der Waals surface area contributed by atoms with Gasteiger partial charge in [-0.25, -0.2) is 4.31 Å². The molecule has 68 valence electrons. The minimum Gasteiger partial charge on any atom is -0.295 e. The first-order valence-electron chi connectivity index (χ1n) is 4.23. The van der Waals surface area contributed by atoms with E-state index in [0.29, 0.717) is 0 Å². The van der Waals surface area contributed by atoms with Gasteiger partial charge in [0.05, 0.1) is 5.88 Å². The van der Waals surface area contributed by atoms with E-state index in [2.05, 4.69) is 4.31 Å². The lowest BCUT2D eigenvalue weighted by molar-refractivity contribution is 0.101. The van der Waals surface area contributed by atoms with Gasteiger partial charge in [0.15, 0.2) is 5.78 Å². The fraction of sp³-hybridized carbons (Fsp3) is 0.300. The molecule has 0 radical (unpaired) electrons. The highest BCUT2D eigenvalue weighted by atomic mass is 32.2. The summed E-state index contributed by atoms with van der Waals surface area (Å²) < 4.78 is 2.27. The Morgan fingerprint density at radius 3 is 2.54 bits per heavy atom. The summed E-state index contributed by atoms with van der Waals surface area (Å²) in [5.74, 6) is 1.27. The van der Waals surface area contributed by atoms with E-state index in [1.165, 1.54) is 5.56 Å². The Kier molecular flexibility index (Phi) is 2.38. The molecule has 0 bridgehead atoms. The van der Waals surface area contributed by atoms with Crippen molar-refractivity contribution in [1.29, 1.82) is 0 Å². The van der Waals surface area contributed by atoms with E-state index in [1.807, 2.05) is 36.2 Å². The van der Waals surface area contributed by atoms with Crippen molar-refractivity contribution in [3.63, 3.8) is 0 Å². The van der Waals surface area contributed by atoms with Gasteiger partial charge in [-0.15, -0.1) is 0 Å². The average Bonchev–Trinajstić information content (AvgIpc) is 2.89. The number of benzene rings is 1. The minimum atomic E-state index is 0.132. The van der Waals surface area contributed by atoms with Crippen molar-refractivity contribution >= 4 is 17.7 Å². The minimum absolute atomic E-state index is 0.132. The molecule has 3 heteroatoms. The first kappa shape index (κ1) is 8.78. The van der Waals surface area contributed by atoms with Crippen molar-refractivity contribution < 1.29 is 4.79 Å². The van der Waals surface area contributed by atoms with Crippen molar-refractivity contribution in [2.45, 2.75) is 13.5 Å². The number of hydrogen-bond donors (Lipinski definition) is 0. The summed E-state index contributed by atoms with van der Waals surface area (Å²) in [6.07, 6.45) is 0. The maximum atomic E-state index is 11.0. The highest BCUT2D eigenvalue weighted by Gasteiger charge is 2.18. The summed E-state index contributed by atoms with van der Waals surface area (Å²) in [5.41, 5.74) is 2.07. The second-order valence-electron chi connectivity index (χ2n) is 3.15. The fourth-order valence-corrected chi connectivity index (χ4v) is 1.59. The van der Waals surface area contributed by atoms with Crippen LogP contribution in [0.5, 0.6) is 0 Å². The third-order valence-corrected chi connectivity index (χ3v) is 2.78. The fourth-order valence-electron chi connectivity index (χ4n) is 1.18. The van der Waals surface area contributed by atoms with Gasteiger partial charge in [0, 0.05) is 12.1 Å². The van der Waals surface area contributed by atoms with Gasteiger partial charge in [-0.3, -0.25) is 4.79 Å². The zero-order valence-corrected chi connectivity index (χ0v) is 8.30. The Bertz CT molecular complexity index is 316. The lowest BCUT2D eigenvalue weighted by Gasteiger charge is -2.00. The monoisotopic (exact) mass is 193 g/mol. The molecule has 0 N–H and O–H groups in total. The molecule has 1 saturated heterocycles. The third-order valence-electron chi connectivity index (χ3n) is 2.03. The van der Waals surface area contributed by atoms with Crippen LogP contribution in [-0.4, -0.2) is 16.0 Å². The molecule has 1 aliphatic heterocycles. The number of ketones is 1. The maximum Gasteiger partial charge on any atom is 0.159 e. The van der Waals surface area contributed by atoms with Crippen LogP contribution in [0.15, 0.2) is 24.3 Å². The number of rotatable bonds is 3. The number of nitrogens with zero attached hydrogens (tertiary/aromatic N) is 1. The number of Topliss-reactive ketones (excluding diaryl/α,β-unsaturated/α-hetero) is 1. The van der Waals surface area contributed by atoms with Crippen molar-refractivity contribution in [2.24, 2.45) is 0 Å². The zero-order valence-electron chi connectivity index (χ0n) is 7.49. The van der Waals surface area contributed by atoms with E-state index >= 15 is 0 Å². The molecule has 0 spiro atoms. The summed E-state index contributed by atoms with van der Waals surface area (Å²) >= 11 is 1.84. The Labute approximate surface area is 82.1 Å². The molecule has 0 saturated carbocycles. The molecule has 1 unspecified atom stereocenters. The van der Waals surface area contributed by atoms with Crippen LogP contribution in [0.25, 0.3) is 0 Å². The molecular formula is C10H11NOS. The first-order chi connectivity index (χ1) is 6.25. The summed E-state index contributed by atoms with van der Waals surface area (Å²) in [5, 5.41) is 0. The van der Waals surface area contributed by atoms with Gasteiger partial charge in [0.2, 0.25) is 0 Å². The Balaban J connectivity index is 2.08. The SMILES string of the molecule is CC(=O)c1ccc(CN2CS2)cc1. The third kappa shape index (κ3) is 2.32. The Hall–Kier alpha value is -0.800. The van der Waals surface area contributed by atoms with Crippen LogP contribution in [0.2, 0.25) is 0 Å². The predicted octanol–water partition coefficient (Wildman–Crippen LogP) is 2.31. The second-order valence-corrected chi connectivity index (χ2v) is 4.18. The Morgan fingerprint density at radius 1 is 1.46 bits per heavy atom. The molecule has 2 rings (SSSR count). The summed E-state index contributed by atoms with van der Waals surface area (Å²) in [6, 6.07) is 7.84. The van der Waals surface area contributed by atoms with Crippen LogP contribution in [0.1, 0.15) is 22.8 Å². The lowest BCUT2D eigenvalue weighted by atomic mass is 10.1. The van der Waals surface area contributed by atoms with Gasteiger partial charge in [-0.05, 0) is 12.5 Å². The molecule has 1 fully saturated rings. The van der Waals surface area contributed by atoms with Crippen LogP contribution in [0, 0.1) is 0 Å². The molecule has 1 aromatic carbocycles. The smallest absolute Gasteiger partial charge is 0.159 e. The average molecular weight is 193 g/mol. The van der Waals surface area contributed by atoms with Gasteiger partial charge in [-0.1, -0.05) is 36.2 Å². The molecular weight excluding hydrogens is 182 g/mol. The normalized spacial score (nSPS) is 19.9. The van der Waals surface area contributed by atoms with Gasteiger partial charge in [0.25, 0.3) is 0 Å². The predicted molar refractivity (Wildman–Crippen MR) is 54.4 cm³/mol. The number of carbonyl (C=O) groups excluding carboxylic acids is 1. The van der Waals surface area contributed by atoms with E-state index in [4.69, 9.17) is 0 Å². The molecule has 13 heavy (non-hydrogen) atoms. The first-order valence-corrected chi connectivity index (χ1v) is 5.18. The summed E-state index contributed by atoms with van der Waals surface area (Å²) in [4.78, 5) is 11.0. The van der Waals surface area contributed by atoms with Crippen molar-refractivity contribution in [2.75, 3.05) is 5.88 Å². The van der Waals surface area contributed by atoms with Crippen LogP contribution >= 0.6 is 11.9 Å². The molecule has 1 heterocycles. The molecule has 1 aliphatic rings. The van der Waals surface area contributed by atoms with E-state index in [-0.39, 0.29) is 5.78 Å². The molecule has 0 aliphatic carbocycles. The van der Waals surface area contributed by atoms with Gasteiger partial charge < -0.3 is 0 Å². The number of hydrogen-bond acceptors (Lipinski definition) is 3. The molecule has 0 amide bonds. The van der Waals surface area contributed by atoms with Crippen molar-refractivity contribution in [3.8, 4) is 0 Å². The molecule has 0 aromatic heterocycles. The van der Waals surface area contributed by atoms with E-state index in [0.717, 1.165) is 18.0 Å². The second kappa shape index (κ2) is 3.52. The van der Waals surface area contributed by atoms with Gasteiger partial charge in [-0.2, -0.15) is 0 Å². The van der Waals surface area contributed by atoms with E-state index < -0.39 is 0 Å². The largest absolute Gasteiger partial charge is 0.295 e. The summed E-state index contributed by atoms with van der Waals surface area (Å²) in [7, 11) is 0. The van der Waals surface area contributed by atoms with E-state index in [1.54, 1.807) is 6.92 Å². The van der Waals surface area contributed by atoms with Crippen LogP contribution < -0.4 is 0 Å². The van der Waals surface area contributed by atoms with Crippen LogP contribution in [0.3, 0.4) is 0 Å². The summed E-state index contributed by atoms with van der Waals surface area (Å²) in [6.45, 7) is 2.58. The highest BCUT2D eigenvalue weighted by Crippen LogP contribution is 2.29. The number of carbonyl (C=O) groups is 1. The van der Waals surface area contributed by atoms with Gasteiger partial charge in [0.1, 0.15) is 0 Å². The molecule has 1 atom stereocenters. The van der Waals surface area contributed by atoms with Crippen molar-refractivity contribution in [3.05, 3.63) is 35.4 Å². The highest BCUT2D eigenvalue weighted by molar-refractivity contribution is 8.02. The maximum absolute atomic E-state index is 11.0. The van der Waals surface area contributed by atoms with Crippen LogP contribution in [-0.2, 0) is 6.54 Å². The van der Waals surface area contributed by atoms with Gasteiger partial charge >= 0.3 is 0 Å². The molecule has 1 aromatic rings. The zero-order chi connectivity index (χ0) is 9.26. The standard InChI is InChI=1S/C10H11NOS/c1-8(12)10-4-2-9(3-5-10)6-11-7-13-11/h2-5H,6-7H2,1H3. The van der Waals surface area contributed by atoms with Crippen LogP contribution in [0.4, 0.5) is 0 Å². The molecule has 2 nitrogen and oxygen atoms in total.